The molecule has 0 fully saturated rings. The molecule has 1 N–H and O–H groups in total. The molecule has 7 heteroatoms. The van der Waals surface area contributed by atoms with Gasteiger partial charge in [0.05, 0.1) is 17.5 Å². The highest BCUT2D eigenvalue weighted by molar-refractivity contribution is 7.89. The quantitative estimate of drug-likeness (QED) is 0.683. The molecule has 2 atom stereocenters. The minimum atomic E-state index is -4.07. The summed E-state index contributed by atoms with van der Waals surface area (Å²) >= 11 is 0. The van der Waals surface area contributed by atoms with Crippen molar-refractivity contribution in [3.63, 3.8) is 0 Å². The average Bonchev–Trinajstić information content (AvgIpc) is 3.04. The highest BCUT2D eigenvalue weighted by atomic mass is 32.2. The van der Waals surface area contributed by atoms with E-state index in [0.717, 1.165) is 26.3 Å². The van der Waals surface area contributed by atoms with E-state index in [-0.39, 0.29) is 11.5 Å². The molecular formula is C23H24N2O4S. The largest absolute Gasteiger partial charge is 0.396 e. The lowest BCUT2D eigenvalue weighted by molar-refractivity contribution is -0.124. The van der Waals surface area contributed by atoms with Gasteiger partial charge in [-0.25, -0.2) is 12.7 Å². The van der Waals surface area contributed by atoms with Crippen molar-refractivity contribution in [3.8, 4) is 0 Å². The molecular weight excluding hydrogens is 400 g/mol. The topological polar surface area (TPSA) is 79.6 Å². The van der Waals surface area contributed by atoms with Gasteiger partial charge in [-0.3, -0.25) is 4.79 Å². The summed E-state index contributed by atoms with van der Waals surface area (Å²) in [7, 11) is -2.14. The second-order valence-electron chi connectivity index (χ2n) is 7.71. The first-order valence-electron chi connectivity index (χ1n) is 9.80. The SMILES string of the molecule is Cc1ccc(S(=O)(=O)N2C(=O)C=C[C@@H](CO)[C@@H]2Cc2cn(C)c3ccccc23)cc1. The Bertz CT molecular complexity index is 1230. The zero-order chi connectivity index (χ0) is 21.5. The van der Waals surface area contributed by atoms with E-state index in [1.807, 2.05) is 49.0 Å². The fourth-order valence-corrected chi connectivity index (χ4v) is 5.69. The first-order valence-corrected chi connectivity index (χ1v) is 11.2. The minimum absolute atomic E-state index is 0.0661. The number of carbonyl (C=O) groups excluding carboxylic acids is 1. The van der Waals surface area contributed by atoms with Gasteiger partial charge in [0.15, 0.2) is 0 Å². The molecule has 6 nitrogen and oxygen atoms in total. The standard InChI is InChI=1S/C23H24N2O4S/c1-16-7-10-19(11-8-16)30(28,29)25-22(17(15-26)9-12-23(25)27)13-18-14-24(2)21-6-4-3-5-20(18)21/h3-12,14,17,22,26H,13,15H2,1-2H3/t17-,22-/m0/s1. The van der Waals surface area contributed by atoms with Crippen molar-refractivity contribution in [3.05, 3.63) is 78.0 Å². The summed E-state index contributed by atoms with van der Waals surface area (Å²) in [6.07, 6.45) is 5.12. The number of carbonyl (C=O) groups is 1. The summed E-state index contributed by atoms with van der Waals surface area (Å²) in [5.74, 6) is -1.08. The van der Waals surface area contributed by atoms with Crippen LogP contribution in [0, 0.1) is 12.8 Å². The number of hydrogen-bond donors (Lipinski definition) is 1. The van der Waals surface area contributed by atoms with Gasteiger partial charge in [-0.1, -0.05) is 42.0 Å². The van der Waals surface area contributed by atoms with Crippen LogP contribution < -0.4 is 0 Å². The molecule has 2 heterocycles. The first kappa shape index (κ1) is 20.4. The van der Waals surface area contributed by atoms with Crippen LogP contribution in [-0.2, 0) is 28.3 Å². The number of rotatable bonds is 5. The lowest BCUT2D eigenvalue weighted by Crippen LogP contribution is -2.51. The third kappa shape index (κ3) is 3.44. The molecule has 4 rings (SSSR count). The van der Waals surface area contributed by atoms with Crippen molar-refractivity contribution < 1.29 is 18.3 Å². The van der Waals surface area contributed by atoms with Crippen molar-refractivity contribution in [2.24, 2.45) is 13.0 Å². The number of aryl methyl sites for hydroxylation is 2. The van der Waals surface area contributed by atoms with Gasteiger partial charge >= 0.3 is 0 Å². The Morgan fingerprint density at radius 1 is 1.07 bits per heavy atom. The van der Waals surface area contributed by atoms with Crippen LogP contribution in [0.3, 0.4) is 0 Å². The molecule has 0 spiro atoms. The molecule has 0 saturated carbocycles. The number of sulfonamides is 1. The smallest absolute Gasteiger partial charge is 0.267 e. The zero-order valence-electron chi connectivity index (χ0n) is 16.9. The third-order valence-corrected chi connectivity index (χ3v) is 7.53. The molecule has 1 aromatic heterocycles. The molecule has 3 aromatic rings. The van der Waals surface area contributed by atoms with Gasteiger partial charge < -0.3 is 9.67 Å². The van der Waals surface area contributed by atoms with Crippen LogP contribution in [0.15, 0.2) is 71.8 Å². The van der Waals surface area contributed by atoms with Crippen LogP contribution >= 0.6 is 0 Å². The fourth-order valence-electron chi connectivity index (χ4n) is 4.10. The van der Waals surface area contributed by atoms with E-state index in [2.05, 4.69) is 0 Å². The van der Waals surface area contributed by atoms with Crippen LogP contribution in [-0.4, -0.2) is 41.0 Å². The van der Waals surface area contributed by atoms with Gasteiger partial charge in [0.2, 0.25) is 0 Å². The number of nitrogens with zero attached hydrogens (tertiary/aromatic N) is 2. The fraction of sp³-hybridized carbons (Fsp3) is 0.261. The van der Waals surface area contributed by atoms with E-state index >= 15 is 0 Å². The molecule has 2 aromatic carbocycles. The van der Waals surface area contributed by atoms with E-state index in [1.165, 1.54) is 18.2 Å². The predicted octanol–water partition coefficient (Wildman–Crippen LogP) is 2.79. The summed E-state index contributed by atoms with van der Waals surface area (Å²) in [6, 6.07) is 13.6. The van der Waals surface area contributed by atoms with E-state index in [4.69, 9.17) is 0 Å². The van der Waals surface area contributed by atoms with Crippen molar-refractivity contribution in [1.82, 2.24) is 8.87 Å². The van der Waals surface area contributed by atoms with Gasteiger partial charge in [-0.2, -0.15) is 0 Å². The molecule has 0 unspecified atom stereocenters. The van der Waals surface area contributed by atoms with Gasteiger partial charge in [-0.05, 0) is 37.1 Å². The number of fused-ring (bicyclic) bond motifs is 1. The number of benzene rings is 2. The van der Waals surface area contributed by atoms with Crippen molar-refractivity contribution in [2.75, 3.05) is 6.61 Å². The van der Waals surface area contributed by atoms with Gasteiger partial charge in [0.25, 0.3) is 15.9 Å². The summed E-state index contributed by atoms with van der Waals surface area (Å²) in [5.41, 5.74) is 2.89. The second-order valence-corrected chi connectivity index (χ2v) is 9.53. The van der Waals surface area contributed by atoms with Gasteiger partial charge in [0, 0.05) is 36.1 Å². The monoisotopic (exact) mass is 424 g/mol. The second kappa shape index (κ2) is 7.74. The van der Waals surface area contributed by atoms with Crippen LogP contribution in [0.2, 0.25) is 0 Å². The molecule has 0 saturated heterocycles. The van der Waals surface area contributed by atoms with Crippen LogP contribution in [0.25, 0.3) is 10.9 Å². The molecule has 30 heavy (non-hydrogen) atoms. The predicted molar refractivity (Wildman–Crippen MR) is 115 cm³/mol. The van der Waals surface area contributed by atoms with Crippen molar-refractivity contribution in [1.29, 1.82) is 0 Å². The van der Waals surface area contributed by atoms with E-state index < -0.39 is 27.9 Å². The number of aliphatic hydroxyl groups is 1. The molecule has 1 amide bonds. The van der Waals surface area contributed by atoms with Gasteiger partial charge in [-0.15, -0.1) is 0 Å². The third-order valence-electron chi connectivity index (χ3n) is 5.70. The molecule has 0 aliphatic carbocycles. The Hall–Kier alpha value is -2.90. The molecule has 156 valence electrons. The first-order chi connectivity index (χ1) is 14.3. The maximum absolute atomic E-state index is 13.4. The lowest BCUT2D eigenvalue weighted by Gasteiger charge is -2.36. The number of aromatic nitrogens is 1. The summed E-state index contributed by atoms with van der Waals surface area (Å²) in [6.45, 7) is 1.62. The molecule has 0 bridgehead atoms. The number of para-hydroxylation sites is 1. The van der Waals surface area contributed by atoms with Gasteiger partial charge in [0.1, 0.15) is 0 Å². The molecule has 0 radical (unpaired) electrons. The average molecular weight is 425 g/mol. The highest BCUT2D eigenvalue weighted by Gasteiger charge is 2.41. The minimum Gasteiger partial charge on any atom is -0.396 e. The lowest BCUT2D eigenvalue weighted by atomic mass is 9.91. The summed E-state index contributed by atoms with van der Waals surface area (Å²) in [5, 5.41) is 11.0. The van der Waals surface area contributed by atoms with Crippen LogP contribution in [0.4, 0.5) is 0 Å². The maximum Gasteiger partial charge on any atom is 0.267 e. The normalized spacial score (nSPS) is 19.6. The number of aliphatic hydroxyl groups excluding tert-OH is 1. The molecule has 1 aliphatic heterocycles. The van der Waals surface area contributed by atoms with E-state index in [0.29, 0.717) is 6.42 Å². The summed E-state index contributed by atoms with van der Waals surface area (Å²) in [4.78, 5) is 12.9. The Labute approximate surface area is 176 Å². The van der Waals surface area contributed by atoms with Crippen LogP contribution in [0.5, 0.6) is 0 Å². The Morgan fingerprint density at radius 3 is 2.47 bits per heavy atom. The van der Waals surface area contributed by atoms with Crippen molar-refractivity contribution >= 4 is 26.8 Å². The number of amides is 1. The number of hydrogen-bond acceptors (Lipinski definition) is 4. The Morgan fingerprint density at radius 2 is 1.77 bits per heavy atom. The van der Waals surface area contributed by atoms with Crippen LogP contribution in [0.1, 0.15) is 11.1 Å². The molecule has 1 aliphatic rings. The maximum atomic E-state index is 13.4. The van der Waals surface area contributed by atoms with E-state index in [1.54, 1.807) is 18.2 Å². The van der Waals surface area contributed by atoms with E-state index in [9.17, 15) is 18.3 Å². The summed E-state index contributed by atoms with van der Waals surface area (Å²) < 4.78 is 29.8. The Kier molecular flexibility index (Phi) is 5.26. The highest BCUT2D eigenvalue weighted by Crippen LogP contribution is 2.31. The zero-order valence-corrected chi connectivity index (χ0v) is 17.7. The Balaban J connectivity index is 1.80. The van der Waals surface area contributed by atoms with Crippen molar-refractivity contribution in [2.45, 2.75) is 24.3 Å².